The van der Waals surface area contributed by atoms with Crippen molar-refractivity contribution >= 4 is 15.9 Å². The van der Waals surface area contributed by atoms with Gasteiger partial charge in [0.2, 0.25) is 0 Å². The SMILES string of the molecule is CCCC(C)C(C)(CC)CBr. The first-order chi connectivity index (χ1) is 5.10. The Morgan fingerprint density at radius 3 is 2.18 bits per heavy atom. The van der Waals surface area contributed by atoms with Gasteiger partial charge in [0.1, 0.15) is 0 Å². The van der Waals surface area contributed by atoms with Gasteiger partial charge in [0.15, 0.2) is 0 Å². The molecule has 0 saturated carbocycles. The first kappa shape index (κ1) is 11.5. The molecule has 1 heteroatoms. The third-order valence-electron chi connectivity index (χ3n) is 3.02. The van der Waals surface area contributed by atoms with Gasteiger partial charge < -0.3 is 0 Å². The van der Waals surface area contributed by atoms with Crippen LogP contribution in [0.3, 0.4) is 0 Å². The fourth-order valence-corrected chi connectivity index (χ4v) is 2.31. The molecule has 0 N–H and O–H groups in total. The van der Waals surface area contributed by atoms with Gasteiger partial charge in [-0.2, -0.15) is 0 Å². The van der Waals surface area contributed by atoms with Crippen molar-refractivity contribution in [3.05, 3.63) is 0 Å². The Morgan fingerprint density at radius 2 is 1.91 bits per heavy atom. The quantitative estimate of drug-likeness (QED) is 0.609. The normalized spacial score (nSPS) is 19.4. The van der Waals surface area contributed by atoms with Gasteiger partial charge in [-0.1, -0.05) is 56.5 Å². The zero-order valence-electron chi connectivity index (χ0n) is 8.28. The second-order valence-corrected chi connectivity index (χ2v) is 4.39. The van der Waals surface area contributed by atoms with Gasteiger partial charge in [-0.3, -0.25) is 0 Å². The molecule has 0 bridgehead atoms. The molecular weight excluding hydrogens is 200 g/mol. The van der Waals surface area contributed by atoms with Crippen LogP contribution in [0.4, 0.5) is 0 Å². The smallest absolute Gasteiger partial charge is 0.00877 e. The van der Waals surface area contributed by atoms with E-state index in [0.29, 0.717) is 5.41 Å². The van der Waals surface area contributed by atoms with E-state index in [-0.39, 0.29) is 0 Å². The van der Waals surface area contributed by atoms with Gasteiger partial charge in [0, 0.05) is 5.33 Å². The highest BCUT2D eigenvalue weighted by Gasteiger charge is 2.26. The summed E-state index contributed by atoms with van der Waals surface area (Å²) in [5, 5.41) is 1.14. The molecule has 11 heavy (non-hydrogen) atoms. The molecule has 0 aromatic carbocycles. The number of alkyl halides is 1. The van der Waals surface area contributed by atoms with E-state index < -0.39 is 0 Å². The maximum absolute atomic E-state index is 3.60. The van der Waals surface area contributed by atoms with Crippen LogP contribution in [0, 0.1) is 11.3 Å². The molecule has 0 radical (unpaired) electrons. The number of hydrogen-bond acceptors (Lipinski definition) is 0. The monoisotopic (exact) mass is 220 g/mol. The predicted octanol–water partition coefficient (Wildman–Crippen LogP) is 4.23. The largest absolute Gasteiger partial charge is 0.0922 e. The van der Waals surface area contributed by atoms with Crippen LogP contribution in [0.15, 0.2) is 0 Å². The van der Waals surface area contributed by atoms with E-state index in [2.05, 4.69) is 43.6 Å². The molecule has 0 heterocycles. The van der Waals surface area contributed by atoms with Gasteiger partial charge in [0.05, 0.1) is 0 Å². The van der Waals surface area contributed by atoms with Crippen LogP contribution in [-0.2, 0) is 0 Å². The van der Waals surface area contributed by atoms with Gasteiger partial charge >= 0.3 is 0 Å². The Bertz CT molecular complexity index is 95.0. The maximum Gasteiger partial charge on any atom is 0.00877 e. The number of rotatable bonds is 5. The third-order valence-corrected chi connectivity index (χ3v) is 4.31. The average molecular weight is 221 g/mol. The van der Waals surface area contributed by atoms with Crippen LogP contribution >= 0.6 is 15.9 Å². The molecule has 0 amide bonds. The average Bonchev–Trinajstić information content (AvgIpc) is 2.03. The van der Waals surface area contributed by atoms with Crippen molar-refractivity contribution in [3.63, 3.8) is 0 Å². The molecule has 0 aromatic rings. The van der Waals surface area contributed by atoms with Crippen molar-refractivity contribution in [2.45, 2.75) is 47.0 Å². The van der Waals surface area contributed by atoms with E-state index in [0.717, 1.165) is 11.2 Å². The molecule has 68 valence electrons. The van der Waals surface area contributed by atoms with Crippen molar-refractivity contribution in [1.29, 1.82) is 0 Å². The summed E-state index contributed by atoms with van der Waals surface area (Å²) in [5.41, 5.74) is 0.510. The molecule has 0 aliphatic heterocycles. The highest BCUT2D eigenvalue weighted by Crippen LogP contribution is 2.35. The van der Waals surface area contributed by atoms with E-state index in [1.54, 1.807) is 0 Å². The Morgan fingerprint density at radius 1 is 1.36 bits per heavy atom. The molecule has 0 saturated heterocycles. The molecule has 0 aliphatic carbocycles. The zero-order valence-corrected chi connectivity index (χ0v) is 9.87. The molecule has 0 rings (SSSR count). The topological polar surface area (TPSA) is 0 Å². The second kappa shape index (κ2) is 5.18. The fourth-order valence-electron chi connectivity index (χ4n) is 1.36. The first-order valence-corrected chi connectivity index (χ1v) is 5.78. The van der Waals surface area contributed by atoms with Gasteiger partial charge in [-0.25, -0.2) is 0 Å². The van der Waals surface area contributed by atoms with Gasteiger partial charge in [-0.15, -0.1) is 0 Å². The van der Waals surface area contributed by atoms with E-state index in [4.69, 9.17) is 0 Å². The summed E-state index contributed by atoms with van der Waals surface area (Å²) in [7, 11) is 0. The molecule has 0 aromatic heterocycles. The summed E-state index contributed by atoms with van der Waals surface area (Å²) >= 11 is 3.60. The number of hydrogen-bond donors (Lipinski definition) is 0. The maximum atomic E-state index is 3.60. The first-order valence-electron chi connectivity index (χ1n) is 4.66. The standard InChI is InChI=1S/C10H21Br/c1-5-7-9(3)10(4,6-2)8-11/h9H,5-8H2,1-4H3. The van der Waals surface area contributed by atoms with Crippen LogP contribution in [0.2, 0.25) is 0 Å². The van der Waals surface area contributed by atoms with Crippen LogP contribution in [0.1, 0.15) is 47.0 Å². The minimum absolute atomic E-state index is 0.510. The van der Waals surface area contributed by atoms with E-state index in [1.165, 1.54) is 19.3 Å². The van der Waals surface area contributed by atoms with Crippen LogP contribution < -0.4 is 0 Å². The Labute approximate surface area is 79.9 Å². The lowest BCUT2D eigenvalue weighted by atomic mass is 9.76. The van der Waals surface area contributed by atoms with Crippen LogP contribution in [0.25, 0.3) is 0 Å². The Hall–Kier alpha value is 0.480. The van der Waals surface area contributed by atoms with E-state index in [9.17, 15) is 0 Å². The summed E-state index contributed by atoms with van der Waals surface area (Å²) < 4.78 is 0. The number of halogens is 1. The summed E-state index contributed by atoms with van der Waals surface area (Å²) in [6.07, 6.45) is 3.94. The molecule has 2 atom stereocenters. The van der Waals surface area contributed by atoms with Crippen LogP contribution in [0.5, 0.6) is 0 Å². The van der Waals surface area contributed by atoms with E-state index in [1.807, 2.05) is 0 Å². The third kappa shape index (κ3) is 3.14. The molecule has 0 fully saturated rings. The molecule has 2 unspecified atom stereocenters. The van der Waals surface area contributed by atoms with Crippen molar-refractivity contribution in [3.8, 4) is 0 Å². The highest BCUT2D eigenvalue weighted by molar-refractivity contribution is 9.09. The van der Waals surface area contributed by atoms with E-state index >= 15 is 0 Å². The molecular formula is C10H21Br. The fraction of sp³-hybridized carbons (Fsp3) is 1.00. The van der Waals surface area contributed by atoms with Crippen LogP contribution in [-0.4, -0.2) is 5.33 Å². The Kier molecular flexibility index (Phi) is 5.41. The molecule has 0 nitrogen and oxygen atoms in total. The van der Waals surface area contributed by atoms with Crippen molar-refractivity contribution < 1.29 is 0 Å². The predicted molar refractivity (Wildman–Crippen MR) is 56.3 cm³/mol. The van der Waals surface area contributed by atoms with Crippen molar-refractivity contribution in [2.24, 2.45) is 11.3 Å². The lowest BCUT2D eigenvalue weighted by Gasteiger charge is -2.32. The summed E-state index contributed by atoms with van der Waals surface area (Å²) in [4.78, 5) is 0. The lowest BCUT2D eigenvalue weighted by Crippen LogP contribution is -2.26. The van der Waals surface area contributed by atoms with Gasteiger partial charge in [0.25, 0.3) is 0 Å². The highest BCUT2D eigenvalue weighted by atomic mass is 79.9. The second-order valence-electron chi connectivity index (χ2n) is 3.83. The van der Waals surface area contributed by atoms with Gasteiger partial charge in [-0.05, 0) is 17.8 Å². The van der Waals surface area contributed by atoms with Crippen molar-refractivity contribution in [1.82, 2.24) is 0 Å². The summed E-state index contributed by atoms with van der Waals surface area (Å²) in [5.74, 6) is 0.844. The lowest BCUT2D eigenvalue weighted by molar-refractivity contribution is 0.217. The summed E-state index contributed by atoms with van der Waals surface area (Å²) in [6.45, 7) is 9.30. The van der Waals surface area contributed by atoms with Crippen molar-refractivity contribution in [2.75, 3.05) is 5.33 Å². The summed E-state index contributed by atoms with van der Waals surface area (Å²) in [6, 6.07) is 0. The molecule has 0 aliphatic rings. The Balaban J connectivity index is 4.00. The molecule has 0 spiro atoms. The minimum atomic E-state index is 0.510. The zero-order chi connectivity index (χ0) is 8.91. The minimum Gasteiger partial charge on any atom is -0.0922 e.